The monoisotopic (exact) mass is 256 g/mol. The molecule has 0 aliphatic heterocycles. The van der Waals surface area contributed by atoms with Gasteiger partial charge in [-0.15, -0.1) is 0 Å². The molecule has 1 aromatic rings. The Hall–Kier alpha value is -1.26. The second kappa shape index (κ2) is 5.38. The van der Waals surface area contributed by atoms with Gasteiger partial charge >= 0.3 is 6.09 Å². The number of benzene rings is 1. The van der Waals surface area contributed by atoms with Crippen LogP contribution < -0.4 is 11.1 Å². The van der Waals surface area contributed by atoms with Crippen molar-refractivity contribution >= 4 is 23.4 Å². The van der Waals surface area contributed by atoms with Crippen LogP contribution in [0.15, 0.2) is 18.2 Å². The lowest BCUT2D eigenvalue weighted by atomic mass is 10.2. The van der Waals surface area contributed by atoms with Gasteiger partial charge in [0.25, 0.3) is 0 Å². The maximum Gasteiger partial charge on any atom is 0.412 e. The summed E-state index contributed by atoms with van der Waals surface area (Å²) in [5, 5.41) is 3.04. The molecule has 17 heavy (non-hydrogen) atoms. The summed E-state index contributed by atoms with van der Waals surface area (Å²) >= 11 is 5.96. The molecule has 4 nitrogen and oxygen atoms in total. The Bertz CT molecular complexity index is 413. The lowest BCUT2D eigenvalue weighted by Crippen LogP contribution is -2.27. The minimum Gasteiger partial charge on any atom is -0.444 e. The number of anilines is 1. The molecule has 0 aromatic heterocycles. The van der Waals surface area contributed by atoms with E-state index < -0.39 is 11.7 Å². The zero-order chi connectivity index (χ0) is 13.1. The lowest BCUT2D eigenvalue weighted by molar-refractivity contribution is 0.0636. The number of ether oxygens (including phenoxy) is 1. The first-order chi connectivity index (χ1) is 7.81. The first-order valence-corrected chi connectivity index (χ1v) is 5.68. The molecule has 0 spiro atoms. The molecule has 0 bridgehead atoms. The summed E-state index contributed by atoms with van der Waals surface area (Å²) in [6.45, 7) is 5.78. The summed E-state index contributed by atoms with van der Waals surface area (Å²) in [6.07, 6.45) is -0.534. The molecular weight excluding hydrogens is 240 g/mol. The van der Waals surface area contributed by atoms with Crippen molar-refractivity contribution in [2.45, 2.75) is 32.9 Å². The fourth-order valence-corrected chi connectivity index (χ4v) is 1.37. The van der Waals surface area contributed by atoms with Gasteiger partial charge in [0.2, 0.25) is 0 Å². The number of carbonyl (C=O) groups is 1. The average Bonchev–Trinajstić information content (AvgIpc) is 2.18. The van der Waals surface area contributed by atoms with E-state index in [1.165, 1.54) is 0 Å². The van der Waals surface area contributed by atoms with E-state index >= 15 is 0 Å². The highest BCUT2D eigenvalue weighted by atomic mass is 35.5. The maximum absolute atomic E-state index is 11.6. The van der Waals surface area contributed by atoms with Crippen LogP contribution in [0.2, 0.25) is 5.02 Å². The molecule has 94 valence electrons. The predicted molar refractivity (Wildman–Crippen MR) is 69.2 cm³/mol. The van der Waals surface area contributed by atoms with Crippen LogP contribution in [0, 0.1) is 0 Å². The molecule has 0 unspecified atom stereocenters. The first kappa shape index (κ1) is 13.8. The second-order valence-electron chi connectivity index (χ2n) is 4.65. The normalized spacial score (nSPS) is 11.1. The molecule has 1 aromatic carbocycles. The topological polar surface area (TPSA) is 64.3 Å². The van der Waals surface area contributed by atoms with E-state index in [2.05, 4.69) is 5.32 Å². The molecule has 0 atom stereocenters. The highest BCUT2D eigenvalue weighted by molar-refractivity contribution is 6.33. The second-order valence-corrected chi connectivity index (χ2v) is 5.05. The third-order valence-electron chi connectivity index (χ3n) is 1.90. The average molecular weight is 257 g/mol. The van der Waals surface area contributed by atoms with Gasteiger partial charge in [-0.05, 0) is 38.5 Å². The summed E-state index contributed by atoms with van der Waals surface area (Å²) in [7, 11) is 0. The van der Waals surface area contributed by atoms with Crippen LogP contribution in [-0.4, -0.2) is 11.7 Å². The third kappa shape index (κ3) is 4.63. The van der Waals surface area contributed by atoms with E-state index in [9.17, 15) is 4.79 Å². The smallest absolute Gasteiger partial charge is 0.412 e. The molecule has 0 heterocycles. The van der Waals surface area contributed by atoms with Crippen molar-refractivity contribution in [3.63, 3.8) is 0 Å². The van der Waals surface area contributed by atoms with Gasteiger partial charge in [-0.25, -0.2) is 4.79 Å². The van der Waals surface area contributed by atoms with Gasteiger partial charge in [0, 0.05) is 6.54 Å². The quantitative estimate of drug-likeness (QED) is 0.854. The third-order valence-corrected chi connectivity index (χ3v) is 2.23. The highest BCUT2D eigenvalue weighted by Gasteiger charge is 2.17. The predicted octanol–water partition coefficient (Wildman–Crippen LogP) is 3.15. The van der Waals surface area contributed by atoms with Crippen LogP contribution in [0.4, 0.5) is 10.5 Å². The largest absolute Gasteiger partial charge is 0.444 e. The van der Waals surface area contributed by atoms with Crippen LogP contribution >= 0.6 is 11.6 Å². The molecule has 5 heteroatoms. The Morgan fingerprint density at radius 2 is 2.12 bits per heavy atom. The van der Waals surface area contributed by atoms with Gasteiger partial charge in [0.1, 0.15) is 5.60 Å². The number of nitrogens with one attached hydrogen (secondary N) is 1. The summed E-state index contributed by atoms with van der Waals surface area (Å²) in [5.41, 5.74) is 6.37. The molecular formula is C12H17ClN2O2. The Labute approximate surface area is 106 Å². The molecule has 0 saturated carbocycles. The Balaban J connectivity index is 2.77. The number of amides is 1. The van der Waals surface area contributed by atoms with E-state index in [0.29, 0.717) is 17.3 Å². The molecule has 0 radical (unpaired) electrons. The number of halogens is 1. The fraction of sp³-hybridized carbons (Fsp3) is 0.417. The SMILES string of the molecule is CC(C)(C)OC(=O)Nc1cc(CN)ccc1Cl. The number of carbonyl (C=O) groups excluding carboxylic acids is 1. The van der Waals surface area contributed by atoms with Crippen molar-refractivity contribution in [2.24, 2.45) is 5.73 Å². The maximum atomic E-state index is 11.6. The van der Waals surface area contributed by atoms with Gasteiger partial charge in [-0.2, -0.15) is 0 Å². The minimum absolute atomic E-state index is 0.389. The molecule has 0 fully saturated rings. The van der Waals surface area contributed by atoms with E-state index in [0.717, 1.165) is 5.56 Å². The van der Waals surface area contributed by atoms with E-state index in [1.54, 1.807) is 32.9 Å². The molecule has 0 aliphatic carbocycles. The molecule has 0 saturated heterocycles. The van der Waals surface area contributed by atoms with Gasteiger partial charge in [-0.1, -0.05) is 17.7 Å². The van der Waals surface area contributed by atoms with Crippen molar-refractivity contribution in [2.75, 3.05) is 5.32 Å². The van der Waals surface area contributed by atoms with Gasteiger partial charge in [0.15, 0.2) is 0 Å². The van der Waals surface area contributed by atoms with E-state index in [-0.39, 0.29) is 0 Å². The van der Waals surface area contributed by atoms with Gasteiger partial charge in [0.05, 0.1) is 10.7 Å². The summed E-state index contributed by atoms with van der Waals surface area (Å²) in [5.74, 6) is 0. The Kier molecular flexibility index (Phi) is 4.37. The molecule has 1 amide bonds. The molecule has 1 rings (SSSR count). The lowest BCUT2D eigenvalue weighted by Gasteiger charge is -2.20. The van der Waals surface area contributed by atoms with Crippen LogP contribution in [0.1, 0.15) is 26.3 Å². The number of hydrogen-bond donors (Lipinski definition) is 2. The zero-order valence-electron chi connectivity index (χ0n) is 10.2. The fourth-order valence-electron chi connectivity index (χ4n) is 1.21. The van der Waals surface area contributed by atoms with Crippen LogP contribution in [0.5, 0.6) is 0 Å². The van der Waals surface area contributed by atoms with Crippen molar-refractivity contribution < 1.29 is 9.53 Å². The summed E-state index contributed by atoms with van der Waals surface area (Å²) in [6, 6.07) is 5.23. The van der Waals surface area contributed by atoms with Crippen molar-refractivity contribution in [3.05, 3.63) is 28.8 Å². The van der Waals surface area contributed by atoms with Crippen LogP contribution in [0.3, 0.4) is 0 Å². The first-order valence-electron chi connectivity index (χ1n) is 5.30. The van der Waals surface area contributed by atoms with Crippen LogP contribution in [-0.2, 0) is 11.3 Å². The van der Waals surface area contributed by atoms with Gasteiger partial charge < -0.3 is 10.5 Å². The number of rotatable bonds is 2. The van der Waals surface area contributed by atoms with Crippen molar-refractivity contribution in [1.29, 1.82) is 0 Å². The minimum atomic E-state index is -0.540. The van der Waals surface area contributed by atoms with Crippen molar-refractivity contribution in [1.82, 2.24) is 0 Å². The summed E-state index contributed by atoms with van der Waals surface area (Å²) < 4.78 is 5.13. The standard InChI is InChI=1S/C12H17ClN2O2/c1-12(2,3)17-11(16)15-10-6-8(7-14)4-5-9(10)13/h4-6H,7,14H2,1-3H3,(H,15,16). The van der Waals surface area contributed by atoms with E-state index in [4.69, 9.17) is 22.1 Å². The molecule has 3 N–H and O–H groups in total. The zero-order valence-corrected chi connectivity index (χ0v) is 11.0. The van der Waals surface area contributed by atoms with Gasteiger partial charge in [-0.3, -0.25) is 5.32 Å². The molecule has 0 aliphatic rings. The van der Waals surface area contributed by atoms with Crippen LogP contribution in [0.25, 0.3) is 0 Å². The highest BCUT2D eigenvalue weighted by Crippen LogP contribution is 2.23. The summed E-state index contributed by atoms with van der Waals surface area (Å²) in [4.78, 5) is 11.6. The van der Waals surface area contributed by atoms with Crippen molar-refractivity contribution in [3.8, 4) is 0 Å². The Morgan fingerprint density at radius 1 is 1.47 bits per heavy atom. The number of hydrogen-bond acceptors (Lipinski definition) is 3. The number of nitrogens with two attached hydrogens (primary N) is 1. The Morgan fingerprint density at radius 3 is 2.65 bits per heavy atom. The van der Waals surface area contributed by atoms with E-state index in [1.807, 2.05) is 6.07 Å².